The van der Waals surface area contributed by atoms with Gasteiger partial charge in [-0.2, -0.15) is 0 Å². The van der Waals surface area contributed by atoms with E-state index < -0.39 is 0 Å². The molecule has 0 saturated carbocycles. The summed E-state index contributed by atoms with van der Waals surface area (Å²) >= 11 is 0. The Bertz CT molecular complexity index is 977. The molecule has 5 rings (SSSR count). The normalized spacial score (nSPS) is 23.2. The lowest BCUT2D eigenvalue weighted by molar-refractivity contribution is 0.413. The lowest BCUT2D eigenvalue weighted by atomic mass is 9.76. The highest BCUT2D eigenvalue weighted by Gasteiger charge is 2.38. The predicted octanol–water partition coefficient (Wildman–Crippen LogP) is 6.32. The first-order valence-corrected chi connectivity index (χ1v) is 9.18. The summed E-state index contributed by atoms with van der Waals surface area (Å²) in [7, 11) is 0. The molecule has 0 unspecified atom stereocenters. The van der Waals surface area contributed by atoms with Crippen molar-refractivity contribution in [2.24, 2.45) is 5.92 Å². The number of fused-ring (bicyclic) bond motifs is 3. The lowest BCUT2D eigenvalue weighted by Crippen LogP contribution is -2.29. The van der Waals surface area contributed by atoms with E-state index in [0.717, 1.165) is 17.7 Å². The minimum absolute atomic E-state index is 0.00581. The number of halogens is 1. The highest BCUT2D eigenvalue weighted by Crippen LogP contribution is 2.50. The fraction of sp³-hybridized carbons (Fsp3) is 0.167. The first-order valence-electron chi connectivity index (χ1n) is 9.18. The largest absolute Gasteiger partial charge is 0.378 e. The lowest BCUT2D eigenvalue weighted by Gasteiger charge is -2.38. The molecule has 0 aromatic heterocycles. The first kappa shape index (κ1) is 15.4. The Morgan fingerprint density at radius 2 is 1.62 bits per heavy atom. The van der Waals surface area contributed by atoms with E-state index in [0.29, 0.717) is 11.8 Å². The Morgan fingerprint density at radius 3 is 2.46 bits per heavy atom. The average molecular weight is 341 g/mol. The molecule has 2 aliphatic rings. The molecule has 0 saturated heterocycles. The summed E-state index contributed by atoms with van der Waals surface area (Å²) in [6.07, 6.45) is 5.52. The zero-order valence-electron chi connectivity index (χ0n) is 14.4. The fourth-order valence-electron chi connectivity index (χ4n) is 4.44. The Morgan fingerprint density at radius 1 is 0.808 bits per heavy atom. The van der Waals surface area contributed by atoms with Gasteiger partial charge in [0.25, 0.3) is 0 Å². The van der Waals surface area contributed by atoms with Crippen LogP contribution in [-0.4, -0.2) is 0 Å². The molecule has 3 atom stereocenters. The van der Waals surface area contributed by atoms with E-state index in [1.165, 1.54) is 16.7 Å². The minimum atomic E-state index is -0.125. The van der Waals surface area contributed by atoms with Crippen molar-refractivity contribution in [2.45, 2.75) is 18.4 Å². The van der Waals surface area contributed by atoms with Gasteiger partial charge in [0.2, 0.25) is 0 Å². The molecular formula is C24H20FN. The first-order chi connectivity index (χ1) is 12.8. The van der Waals surface area contributed by atoms with E-state index in [1.807, 2.05) is 18.2 Å². The van der Waals surface area contributed by atoms with Gasteiger partial charge in [-0.15, -0.1) is 0 Å². The number of benzene rings is 3. The summed E-state index contributed by atoms with van der Waals surface area (Å²) in [4.78, 5) is 0. The summed E-state index contributed by atoms with van der Waals surface area (Å²) < 4.78 is 14.4. The molecule has 3 aromatic rings. The van der Waals surface area contributed by atoms with Crippen molar-refractivity contribution < 1.29 is 4.39 Å². The highest BCUT2D eigenvalue weighted by atomic mass is 19.1. The van der Waals surface area contributed by atoms with E-state index in [-0.39, 0.29) is 11.9 Å². The number of anilines is 1. The molecule has 3 aromatic carbocycles. The van der Waals surface area contributed by atoms with Crippen LogP contribution in [0.3, 0.4) is 0 Å². The van der Waals surface area contributed by atoms with Crippen LogP contribution >= 0.6 is 0 Å². The molecule has 1 nitrogen and oxygen atoms in total. The second-order valence-electron chi connectivity index (χ2n) is 7.17. The molecule has 128 valence electrons. The SMILES string of the molecule is Fc1ccccc1[C@@H]1Nc2ccc(-c3ccccc3)cc2[C@@H]2C=CC[C@H]21. The molecule has 0 fully saturated rings. The molecule has 0 spiro atoms. The quantitative estimate of drug-likeness (QED) is 0.538. The average Bonchev–Trinajstić information content (AvgIpc) is 3.18. The second-order valence-corrected chi connectivity index (χ2v) is 7.17. The fourth-order valence-corrected chi connectivity index (χ4v) is 4.44. The zero-order chi connectivity index (χ0) is 17.5. The Balaban J connectivity index is 1.59. The van der Waals surface area contributed by atoms with Crippen LogP contribution < -0.4 is 5.32 Å². The Hall–Kier alpha value is -2.87. The summed E-state index contributed by atoms with van der Waals surface area (Å²) in [6.45, 7) is 0. The number of allylic oxidation sites excluding steroid dienone is 2. The van der Waals surface area contributed by atoms with Crippen LogP contribution in [0.1, 0.15) is 29.5 Å². The van der Waals surface area contributed by atoms with Crippen molar-refractivity contribution in [3.05, 3.63) is 102 Å². The van der Waals surface area contributed by atoms with E-state index in [9.17, 15) is 4.39 Å². The molecule has 1 N–H and O–H groups in total. The summed E-state index contributed by atoms with van der Waals surface area (Å²) in [6, 6.07) is 24.2. The molecule has 1 aliphatic heterocycles. The van der Waals surface area contributed by atoms with Crippen molar-refractivity contribution >= 4 is 5.69 Å². The van der Waals surface area contributed by atoms with Crippen LogP contribution in [-0.2, 0) is 0 Å². The summed E-state index contributed by atoms with van der Waals surface area (Å²) in [5.41, 5.74) is 5.66. The van der Waals surface area contributed by atoms with E-state index in [1.54, 1.807) is 12.1 Å². The van der Waals surface area contributed by atoms with Crippen LogP contribution in [0.2, 0.25) is 0 Å². The van der Waals surface area contributed by atoms with E-state index in [2.05, 4.69) is 59.9 Å². The van der Waals surface area contributed by atoms with Crippen LogP contribution in [0.15, 0.2) is 84.9 Å². The Kier molecular flexibility index (Phi) is 3.63. The standard InChI is InChI=1S/C24H20FN/c25-22-12-5-4-9-20(22)24-19-11-6-10-18(19)21-15-17(13-14-23(21)26-24)16-7-2-1-3-8-16/h1-10,12-15,18-19,24,26H,11H2/t18-,19-,24-/m1/s1. The zero-order valence-corrected chi connectivity index (χ0v) is 14.4. The van der Waals surface area contributed by atoms with Crippen molar-refractivity contribution in [2.75, 3.05) is 5.32 Å². The van der Waals surface area contributed by atoms with Crippen molar-refractivity contribution in [1.82, 2.24) is 0 Å². The van der Waals surface area contributed by atoms with Gasteiger partial charge in [-0.1, -0.05) is 66.7 Å². The molecule has 2 heteroatoms. The minimum Gasteiger partial charge on any atom is -0.378 e. The van der Waals surface area contributed by atoms with Gasteiger partial charge in [0.1, 0.15) is 5.82 Å². The van der Waals surface area contributed by atoms with Gasteiger partial charge in [0.05, 0.1) is 6.04 Å². The number of hydrogen-bond acceptors (Lipinski definition) is 1. The van der Waals surface area contributed by atoms with Crippen LogP contribution in [0.25, 0.3) is 11.1 Å². The van der Waals surface area contributed by atoms with Gasteiger partial charge in [-0.05, 0) is 47.2 Å². The summed E-state index contributed by atoms with van der Waals surface area (Å²) in [5, 5.41) is 3.62. The maximum Gasteiger partial charge on any atom is 0.128 e. The van der Waals surface area contributed by atoms with Gasteiger partial charge in [0, 0.05) is 17.2 Å². The maximum absolute atomic E-state index is 14.4. The molecule has 0 radical (unpaired) electrons. The van der Waals surface area contributed by atoms with Gasteiger partial charge in [0.15, 0.2) is 0 Å². The smallest absolute Gasteiger partial charge is 0.128 e. The number of nitrogens with one attached hydrogen (secondary N) is 1. The van der Waals surface area contributed by atoms with Gasteiger partial charge < -0.3 is 5.32 Å². The monoisotopic (exact) mass is 341 g/mol. The molecule has 1 heterocycles. The topological polar surface area (TPSA) is 12.0 Å². The number of rotatable bonds is 2. The van der Waals surface area contributed by atoms with Crippen molar-refractivity contribution in [3.63, 3.8) is 0 Å². The highest BCUT2D eigenvalue weighted by molar-refractivity contribution is 5.71. The van der Waals surface area contributed by atoms with Gasteiger partial charge in [-0.25, -0.2) is 4.39 Å². The maximum atomic E-state index is 14.4. The molecule has 0 bridgehead atoms. The van der Waals surface area contributed by atoms with Crippen molar-refractivity contribution in [1.29, 1.82) is 0 Å². The number of hydrogen-bond donors (Lipinski definition) is 1. The third-order valence-corrected chi connectivity index (χ3v) is 5.71. The van der Waals surface area contributed by atoms with Gasteiger partial charge >= 0.3 is 0 Å². The Labute approximate surface area is 153 Å². The second kappa shape index (κ2) is 6.14. The third-order valence-electron chi connectivity index (χ3n) is 5.71. The van der Waals surface area contributed by atoms with Crippen LogP contribution in [0, 0.1) is 11.7 Å². The molecular weight excluding hydrogens is 321 g/mol. The third kappa shape index (κ3) is 2.45. The predicted molar refractivity (Wildman–Crippen MR) is 105 cm³/mol. The summed E-state index contributed by atoms with van der Waals surface area (Å²) in [5.74, 6) is 0.560. The van der Waals surface area contributed by atoms with Gasteiger partial charge in [-0.3, -0.25) is 0 Å². The van der Waals surface area contributed by atoms with Crippen LogP contribution in [0.4, 0.5) is 10.1 Å². The van der Waals surface area contributed by atoms with Crippen molar-refractivity contribution in [3.8, 4) is 11.1 Å². The van der Waals surface area contributed by atoms with E-state index >= 15 is 0 Å². The molecule has 1 aliphatic carbocycles. The molecule has 0 amide bonds. The van der Waals surface area contributed by atoms with E-state index in [4.69, 9.17) is 0 Å². The van der Waals surface area contributed by atoms with Crippen LogP contribution in [0.5, 0.6) is 0 Å². The molecule has 26 heavy (non-hydrogen) atoms.